The van der Waals surface area contributed by atoms with Crippen molar-refractivity contribution in [3.8, 4) is 5.88 Å². The maximum Gasteiger partial charge on any atom is 0.232 e. The molecule has 1 aliphatic heterocycles. The summed E-state index contributed by atoms with van der Waals surface area (Å²) >= 11 is 0. The van der Waals surface area contributed by atoms with Gasteiger partial charge in [-0.15, -0.1) is 10.2 Å². The van der Waals surface area contributed by atoms with E-state index < -0.39 is 0 Å². The molecule has 1 fully saturated rings. The highest BCUT2D eigenvalue weighted by Crippen LogP contribution is 2.19. The third kappa shape index (κ3) is 3.75. The standard InChI is InChI=1S/C14H20N6O/c1-19-11-17-18-13(19)9-20-6-2-3-12(8-20)10-21-14-7-15-4-5-16-14/h4-5,7,11-12H,2-3,6,8-10H2,1H3. The van der Waals surface area contributed by atoms with Crippen LogP contribution in [-0.4, -0.2) is 49.3 Å². The van der Waals surface area contributed by atoms with E-state index in [4.69, 9.17) is 4.74 Å². The molecule has 0 aliphatic carbocycles. The Morgan fingerprint density at radius 1 is 1.38 bits per heavy atom. The number of aryl methyl sites for hydroxylation is 1. The monoisotopic (exact) mass is 288 g/mol. The molecule has 3 rings (SSSR count). The lowest BCUT2D eigenvalue weighted by atomic mass is 9.99. The maximum atomic E-state index is 5.72. The van der Waals surface area contributed by atoms with E-state index in [0.29, 0.717) is 18.4 Å². The van der Waals surface area contributed by atoms with Crippen LogP contribution in [0.5, 0.6) is 5.88 Å². The first kappa shape index (κ1) is 13.9. The fraction of sp³-hybridized carbons (Fsp3) is 0.571. The maximum absolute atomic E-state index is 5.72. The number of hydrogen-bond donors (Lipinski definition) is 0. The molecule has 0 bridgehead atoms. The Morgan fingerprint density at radius 2 is 2.33 bits per heavy atom. The second-order valence-electron chi connectivity index (χ2n) is 5.46. The van der Waals surface area contributed by atoms with Gasteiger partial charge >= 0.3 is 0 Å². The Labute approximate surface area is 124 Å². The normalized spacial score (nSPS) is 19.6. The van der Waals surface area contributed by atoms with Crippen molar-refractivity contribution in [1.29, 1.82) is 0 Å². The zero-order valence-corrected chi connectivity index (χ0v) is 12.2. The van der Waals surface area contributed by atoms with Gasteiger partial charge in [-0.2, -0.15) is 0 Å². The summed E-state index contributed by atoms with van der Waals surface area (Å²) in [5.74, 6) is 2.13. The van der Waals surface area contributed by atoms with Crippen molar-refractivity contribution in [3.05, 3.63) is 30.7 Å². The second-order valence-corrected chi connectivity index (χ2v) is 5.46. The van der Waals surface area contributed by atoms with Crippen molar-refractivity contribution < 1.29 is 4.74 Å². The topological polar surface area (TPSA) is 69.0 Å². The zero-order valence-electron chi connectivity index (χ0n) is 12.2. The number of piperidine rings is 1. The summed E-state index contributed by atoms with van der Waals surface area (Å²) < 4.78 is 7.69. The average molecular weight is 288 g/mol. The van der Waals surface area contributed by atoms with Gasteiger partial charge in [0.15, 0.2) is 0 Å². The number of ether oxygens (including phenoxy) is 1. The number of aromatic nitrogens is 5. The average Bonchev–Trinajstić information content (AvgIpc) is 2.92. The van der Waals surface area contributed by atoms with Gasteiger partial charge in [0, 0.05) is 31.9 Å². The predicted octanol–water partition coefficient (Wildman–Crippen LogP) is 0.896. The highest BCUT2D eigenvalue weighted by atomic mass is 16.5. The summed E-state index contributed by atoms with van der Waals surface area (Å²) in [7, 11) is 1.98. The molecule has 21 heavy (non-hydrogen) atoms. The minimum atomic E-state index is 0.522. The molecule has 7 heteroatoms. The summed E-state index contributed by atoms with van der Waals surface area (Å²) in [6.45, 7) is 3.66. The van der Waals surface area contributed by atoms with E-state index in [1.54, 1.807) is 24.9 Å². The summed E-state index contributed by atoms with van der Waals surface area (Å²) in [6, 6.07) is 0. The van der Waals surface area contributed by atoms with Gasteiger partial charge in [0.25, 0.3) is 0 Å². The van der Waals surface area contributed by atoms with E-state index in [1.807, 2.05) is 11.6 Å². The van der Waals surface area contributed by atoms with E-state index in [0.717, 1.165) is 25.5 Å². The summed E-state index contributed by atoms with van der Waals surface area (Å²) in [6.07, 6.45) is 9.07. The summed E-state index contributed by atoms with van der Waals surface area (Å²) in [5.41, 5.74) is 0. The Balaban J connectivity index is 1.50. The molecule has 0 saturated carbocycles. The third-order valence-corrected chi connectivity index (χ3v) is 3.78. The van der Waals surface area contributed by atoms with E-state index in [9.17, 15) is 0 Å². The molecule has 2 aromatic rings. The van der Waals surface area contributed by atoms with Gasteiger partial charge in [0.1, 0.15) is 12.2 Å². The van der Waals surface area contributed by atoms with Gasteiger partial charge in [-0.1, -0.05) is 0 Å². The van der Waals surface area contributed by atoms with Crippen LogP contribution < -0.4 is 4.74 Å². The van der Waals surface area contributed by atoms with Gasteiger partial charge in [0.05, 0.1) is 19.3 Å². The molecule has 112 valence electrons. The van der Waals surface area contributed by atoms with Crippen molar-refractivity contribution >= 4 is 0 Å². The molecule has 0 aromatic carbocycles. The lowest BCUT2D eigenvalue weighted by Crippen LogP contribution is -2.37. The Bertz CT molecular complexity index is 558. The number of hydrogen-bond acceptors (Lipinski definition) is 6. The van der Waals surface area contributed by atoms with Crippen molar-refractivity contribution in [3.63, 3.8) is 0 Å². The molecule has 0 spiro atoms. The third-order valence-electron chi connectivity index (χ3n) is 3.78. The molecule has 2 aromatic heterocycles. The lowest BCUT2D eigenvalue weighted by Gasteiger charge is -2.31. The number of likely N-dealkylation sites (tertiary alicyclic amines) is 1. The molecule has 7 nitrogen and oxygen atoms in total. The van der Waals surface area contributed by atoms with Crippen LogP contribution in [0.2, 0.25) is 0 Å². The Kier molecular flexibility index (Phi) is 4.40. The van der Waals surface area contributed by atoms with E-state index >= 15 is 0 Å². The first-order valence-electron chi connectivity index (χ1n) is 7.25. The van der Waals surface area contributed by atoms with Gasteiger partial charge < -0.3 is 9.30 Å². The van der Waals surface area contributed by atoms with Gasteiger partial charge in [0.2, 0.25) is 5.88 Å². The first-order chi connectivity index (χ1) is 10.3. The minimum absolute atomic E-state index is 0.522. The fourth-order valence-electron chi connectivity index (χ4n) is 2.64. The van der Waals surface area contributed by atoms with Crippen molar-refractivity contribution in [1.82, 2.24) is 29.6 Å². The molecule has 0 amide bonds. The number of rotatable bonds is 5. The van der Waals surface area contributed by atoms with Crippen LogP contribution in [0, 0.1) is 5.92 Å². The van der Waals surface area contributed by atoms with E-state index in [2.05, 4.69) is 25.1 Å². The van der Waals surface area contributed by atoms with Crippen molar-refractivity contribution in [2.45, 2.75) is 19.4 Å². The number of nitrogens with zero attached hydrogens (tertiary/aromatic N) is 6. The van der Waals surface area contributed by atoms with Gasteiger partial charge in [-0.3, -0.25) is 9.88 Å². The van der Waals surface area contributed by atoms with Crippen molar-refractivity contribution in [2.24, 2.45) is 13.0 Å². The quantitative estimate of drug-likeness (QED) is 0.814. The van der Waals surface area contributed by atoms with Crippen LogP contribution in [-0.2, 0) is 13.6 Å². The van der Waals surface area contributed by atoms with Crippen LogP contribution in [0.25, 0.3) is 0 Å². The smallest absolute Gasteiger partial charge is 0.232 e. The molecule has 1 unspecified atom stereocenters. The highest BCUT2D eigenvalue weighted by Gasteiger charge is 2.21. The van der Waals surface area contributed by atoms with E-state index in [1.165, 1.54) is 12.8 Å². The molecule has 1 saturated heterocycles. The molecule has 1 atom stereocenters. The molecular weight excluding hydrogens is 268 g/mol. The molecule has 0 radical (unpaired) electrons. The first-order valence-corrected chi connectivity index (χ1v) is 7.25. The minimum Gasteiger partial charge on any atom is -0.476 e. The summed E-state index contributed by atoms with van der Waals surface area (Å²) in [4.78, 5) is 10.6. The molecule has 1 aliphatic rings. The van der Waals surface area contributed by atoms with Crippen LogP contribution in [0.3, 0.4) is 0 Å². The predicted molar refractivity (Wildman–Crippen MR) is 76.5 cm³/mol. The van der Waals surface area contributed by atoms with Crippen LogP contribution in [0.1, 0.15) is 18.7 Å². The van der Waals surface area contributed by atoms with E-state index in [-0.39, 0.29) is 0 Å². The van der Waals surface area contributed by atoms with Crippen LogP contribution in [0.15, 0.2) is 24.9 Å². The van der Waals surface area contributed by atoms with Gasteiger partial charge in [-0.25, -0.2) is 4.98 Å². The lowest BCUT2D eigenvalue weighted by molar-refractivity contribution is 0.120. The van der Waals surface area contributed by atoms with Gasteiger partial charge in [-0.05, 0) is 19.4 Å². The molecular formula is C14H20N6O. The van der Waals surface area contributed by atoms with Crippen LogP contribution in [0.4, 0.5) is 0 Å². The van der Waals surface area contributed by atoms with Crippen molar-refractivity contribution in [2.75, 3.05) is 19.7 Å². The second kappa shape index (κ2) is 6.62. The SMILES string of the molecule is Cn1cnnc1CN1CCCC(COc2cnccn2)C1. The van der Waals surface area contributed by atoms with Crippen LogP contribution >= 0.6 is 0 Å². The highest BCUT2D eigenvalue weighted by molar-refractivity contribution is 5.01. The molecule has 0 N–H and O–H groups in total. The fourth-order valence-corrected chi connectivity index (χ4v) is 2.64. The Morgan fingerprint density at radius 3 is 3.10 bits per heavy atom. The zero-order chi connectivity index (χ0) is 14.5. The Hall–Kier alpha value is -2.02. The summed E-state index contributed by atoms with van der Waals surface area (Å²) in [5, 5.41) is 8.08. The largest absolute Gasteiger partial charge is 0.476 e. The molecule has 3 heterocycles.